The predicted octanol–water partition coefficient (Wildman–Crippen LogP) is 4.06. The molecule has 1 saturated heterocycles. The van der Waals surface area contributed by atoms with E-state index in [1.807, 2.05) is 0 Å². The number of rotatable bonds is 5. The molecule has 3 atom stereocenters. The molecule has 1 rings (SSSR count). The predicted molar refractivity (Wildman–Crippen MR) is 71.7 cm³/mol. The monoisotopic (exact) mass is 275 g/mol. The Morgan fingerprint density at radius 3 is 2.33 bits per heavy atom. The van der Waals surface area contributed by atoms with Crippen molar-refractivity contribution in [1.82, 2.24) is 4.90 Å². The summed E-state index contributed by atoms with van der Waals surface area (Å²) in [4.78, 5) is 2.72. The third-order valence-electron chi connectivity index (χ3n) is 3.86. The Morgan fingerprint density at radius 1 is 1.20 bits per heavy atom. The van der Waals surface area contributed by atoms with E-state index in [2.05, 4.69) is 41.6 Å². The minimum atomic E-state index is 0.810. The maximum absolute atomic E-state index is 3.53. The maximum atomic E-state index is 3.53. The van der Waals surface area contributed by atoms with Crippen LogP contribution in [-0.2, 0) is 0 Å². The van der Waals surface area contributed by atoms with Gasteiger partial charge in [-0.1, -0.05) is 29.3 Å². The molecular formula is C13H26BrN. The Morgan fingerprint density at radius 2 is 1.80 bits per heavy atom. The molecule has 1 nitrogen and oxygen atoms in total. The van der Waals surface area contributed by atoms with Gasteiger partial charge >= 0.3 is 0 Å². The van der Waals surface area contributed by atoms with Crippen LogP contribution in [0.15, 0.2) is 0 Å². The van der Waals surface area contributed by atoms with Gasteiger partial charge in [-0.25, -0.2) is 0 Å². The number of piperidine rings is 1. The number of nitrogens with zero attached hydrogens (tertiary/aromatic N) is 1. The zero-order chi connectivity index (χ0) is 11.3. The van der Waals surface area contributed by atoms with Gasteiger partial charge < -0.3 is 0 Å². The van der Waals surface area contributed by atoms with E-state index in [1.165, 1.54) is 38.6 Å². The number of likely N-dealkylation sites (tertiary alicyclic amines) is 1. The number of hydrogen-bond donors (Lipinski definition) is 0. The summed E-state index contributed by atoms with van der Waals surface area (Å²) in [5.74, 6) is 0.866. The third kappa shape index (κ3) is 4.44. The van der Waals surface area contributed by atoms with Gasteiger partial charge in [-0.05, 0) is 52.0 Å². The van der Waals surface area contributed by atoms with Crippen molar-refractivity contribution >= 4 is 15.9 Å². The molecule has 0 aromatic heterocycles. The molecule has 15 heavy (non-hydrogen) atoms. The van der Waals surface area contributed by atoms with E-state index < -0.39 is 0 Å². The van der Waals surface area contributed by atoms with Crippen LogP contribution in [0.5, 0.6) is 0 Å². The molecule has 0 saturated carbocycles. The average Bonchev–Trinajstić information content (AvgIpc) is 2.17. The normalized spacial score (nSPS) is 30.4. The van der Waals surface area contributed by atoms with Crippen molar-refractivity contribution < 1.29 is 0 Å². The van der Waals surface area contributed by atoms with Gasteiger partial charge in [0.15, 0.2) is 0 Å². The molecule has 90 valence electrons. The van der Waals surface area contributed by atoms with Crippen molar-refractivity contribution in [3.05, 3.63) is 0 Å². The second-order valence-corrected chi connectivity index (χ2v) is 6.03. The minimum absolute atomic E-state index is 0.810. The lowest BCUT2D eigenvalue weighted by Crippen LogP contribution is -2.44. The fraction of sp³-hybridized carbons (Fsp3) is 1.00. The van der Waals surface area contributed by atoms with E-state index in [1.54, 1.807) is 0 Å². The molecule has 0 bridgehead atoms. The summed E-state index contributed by atoms with van der Waals surface area (Å²) in [6.07, 6.45) is 6.90. The van der Waals surface area contributed by atoms with Crippen LogP contribution in [0.2, 0.25) is 0 Å². The van der Waals surface area contributed by atoms with Gasteiger partial charge in [0, 0.05) is 17.4 Å². The van der Waals surface area contributed by atoms with Gasteiger partial charge in [-0.2, -0.15) is 0 Å². The highest BCUT2D eigenvalue weighted by Crippen LogP contribution is 2.23. The van der Waals surface area contributed by atoms with Gasteiger partial charge in [0.2, 0.25) is 0 Å². The smallest absolute Gasteiger partial charge is 0.00697 e. The standard InChI is InChI=1S/C13H26BrN/c1-11(7-9-14)8-10-15-12(2)5-4-6-13(15)3/h11-13H,4-10H2,1-3H3. The summed E-state index contributed by atoms with van der Waals surface area (Å²) in [6, 6.07) is 1.62. The first-order valence-corrected chi connectivity index (χ1v) is 7.59. The zero-order valence-electron chi connectivity index (χ0n) is 10.5. The van der Waals surface area contributed by atoms with Crippen LogP contribution in [-0.4, -0.2) is 28.9 Å². The van der Waals surface area contributed by atoms with Crippen LogP contribution in [0, 0.1) is 5.92 Å². The molecule has 0 radical (unpaired) electrons. The fourth-order valence-electron chi connectivity index (χ4n) is 2.62. The molecule has 0 aromatic rings. The van der Waals surface area contributed by atoms with E-state index in [0.717, 1.165) is 23.3 Å². The van der Waals surface area contributed by atoms with Crippen LogP contribution < -0.4 is 0 Å². The second kappa shape index (κ2) is 6.90. The lowest BCUT2D eigenvalue weighted by atomic mass is 9.96. The largest absolute Gasteiger partial charge is 0.298 e. The van der Waals surface area contributed by atoms with Crippen molar-refractivity contribution in [2.24, 2.45) is 5.92 Å². The molecule has 0 spiro atoms. The first-order chi connectivity index (χ1) is 7.15. The topological polar surface area (TPSA) is 3.24 Å². The SMILES string of the molecule is CC(CCBr)CCN1C(C)CCCC1C. The Hall–Kier alpha value is 0.440. The Bertz CT molecular complexity index is 162. The molecule has 0 amide bonds. The summed E-state index contributed by atoms with van der Waals surface area (Å²) in [7, 11) is 0. The van der Waals surface area contributed by atoms with Crippen LogP contribution in [0.4, 0.5) is 0 Å². The average molecular weight is 276 g/mol. The maximum Gasteiger partial charge on any atom is 0.00697 e. The van der Waals surface area contributed by atoms with Crippen molar-refractivity contribution in [2.75, 3.05) is 11.9 Å². The van der Waals surface area contributed by atoms with E-state index in [-0.39, 0.29) is 0 Å². The molecule has 1 heterocycles. The van der Waals surface area contributed by atoms with Crippen molar-refractivity contribution in [3.63, 3.8) is 0 Å². The van der Waals surface area contributed by atoms with Gasteiger partial charge in [0.1, 0.15) is 0 Å². The van der Waals surface area contributed by atoms with Crippen molar-refractivity contribution in [3.8, 4) is 0 Å². The number of alkyl halides is 1. The van der Waals surface area contributed by atoms with Gasteiger partial charge in [0.05, 0.1) is 0 Å². The highest BCUT2D eigenvalue weighted by Gasteiger charge is 2.24. The first kappa shape index (κ1) is 13.5. The summed E-state index contributed by atoms with van der Waals surface area (Å²) in [6.45, 7) is 8.46. The molecular weight excluding hydrogens is 250 g/mol. The van der Waals surface area contributed by atoms with E-state index in [0.29, 0.717) is 0 Å². The summed E-state index contributed by atoms with van der Waals surface area (Å²) in [5, 5.41) is 1.15. The summed E-state index contributed by atoms with van der Waals surface area (Å²) < 4.78 is 0. The van der Waals surface area contributed by atoms with Crippen molar-refractivity contribution in [2.45, 2.75) is 65.0 Å². The quantitative estimate of drug-likeness (QED) is 0.684. The Kier molecular flexibility index (Phi) is 6.21. The van der Waals surface area contributed by atoms with Gasteiger partial charge in [-0.3, -0.25) is 4.90 Å². The van der Waals surface area contributed by atoms with E-state index in [9.17, 15) is 0 Å². The van der Waals surface area contributed by atoms with E-state index in [4.69, 9.17) is 0 Å². The molecule has 1 aliphatic heterocycles. The lowest BCUT2D eigenvalue weighted by molar-refractivity contribution is 0.0967. The van der Waals surface area contributed by atoms with Crippen LogP contribution in [0.3, 0.4) is 0 Å². The van der Waals surface area contributed by atoms with Crippen LogP contribution in [0.1, 0.15) is 52.9 Å². The molecule has 1 aliphatic rings. The Balaban J connectivity index is 2.28. The first-order valence-electron chi connectivity index (χ1n) is 6.46. The lowest BCUT2D eigenvalue weighted by Gasteiger charge is -2.39. The van der Waals surface area contributed by atoms with Gasteiger partial charge in [-0.15, -0.1) is 0 Å². The number of hydrogen-bond acceptors (Lipinski definition) is 1. The number of halogens is 1. The van der Waals surface area contributed by atoms with Gasteiger partial charge in [0.25, 0.3) is 0 Å². The molecule has 2 heteroatoms. The van der Waals surface area contributed by atoms with Crippen molar-refractivity contribution in [1.29, 1.82) is 0 Å². The third-order valence-corrected chi connectivity index (χ3v) is 4.32. The second-order valence-electron chi connectivity index (χ2n) is 5.24. The summed E-state index contributed by atoms with van der Waals surface area (Å²) >= 11 is 3.53. The fourth-order valence-corrected chi connectivity index (χ4v) is 3.40. The minimum Gasteiger partial charge on any atom is -0.298 e. The molecule has 0 N–H and O–H groups in total. The van der Waals surface area contributed by atoms with Crippen LogP contribution >= 0.6 is 15.9 Å². The molecule has 0 aliphatic carbocycles. The Labute approximate surface area is 104 Å². The van der Waals surface area contributed by atoms with E-state index >= 15 is 0 Å². The molecule has 3 unspecified atom stereocenters. The molecule has 0 aromatic carbocycles. The zero-order valence-corrected chi connectivity index (χ0v) is 12.1. The summed E-state index contributed by atoms with van der Waals surface area (Å²) in [5.41, 5.74) is 0. The van der Waals surface area contributed by atoms with Crippen LogP contribution in [0.25, 0.3) is 0 Å². The highest BCUT2D eigenvalue weighted by atomic mass is 79.9. The highest BCUT2D eigenvalue weighted by molar-refractivity contribution is 9.09. The molecule has 1 fully saturated rings.